The first-order valence-electron chi connectivity index (χ1n) is 24.3. The average Bonchev–Trinajstić information content (AvgIpc) is 3.76. The number of hydrogen-bond donors (Lipinski definition) is 8. The third-order valence-corrected chi connectivity index (χ3v) is 12.4. The highest BCUT2D eigenvalue weighted by molar-refractivity contribution is 6.30. The van der Waals surface area contributed by atoms with E-state index in [0.717, 1.165) is 16.7 Å². The molecule has 0 aliphatic carbocycles. The summed E-state index contributed by atoms with van der Waals surface area (Å²) < 4.78 is 13.7. The lowest BCUT2D eigenvalue weighted by molar-refractivity contribution is -0.830. The van der Waals surface area contributed by atoms with Crippen LogP contribution >= 0.6 is 11.6 Å². The van der Waals surface area contributed by atoms with E-state index in [0.29, 0.717) is 82.4 Å². The quantitative estimate of drug-likeness (QED) is 0.0227. The maximum Gasteiger partial charge on any atom is 0.251 e. The standard InChI is InChI=1S/C44H54ClN7O6.C9H14N4O3/c1-27-24-29-7-17-38(57-22-20-47)35(25-29)36-26-33(14-18-39(36)58-23-21-48)40(43(55)50-28(2)41(53)49-27)52(3)44(56)37(6-4-5-19-46)51-42(54)32-10-8-30(9-11-32)31-12-15-34(45)16-13-31;1-6(10-5-14)9(15)8-7(12-16-3)4-11-13(8)2/h7-18,25-28,37,40H,4-6,19-24,46-48H2,1-3H3,(H,49,53)(H,50,55)(H,51,54);4-6,12H,1-3H3,(H,10,14)/p+1/t27?,28-,37-,40?;/m0./s1. The van der Waals surface area contributed by atoms with E-state index < -0.39 is 41.9 Å². The normalized spacial score (nSPS) is 16.2. The fourth-order valence-corrected chi connectivity index (χ4v) is 8.41. The van der Waals surface area contributed by atoms with Gasteiger partial charge in [0.1, 0.15) is 49.0 Å². The van der Waals surface area contributed by atoms with Crippen molar-refractivity contribution >= 4 is 53.1 Å². The number of nitrogens with zero attached hydrogens (tertiary/aromatic N) is 3. The Morgan fingerprint density at radius 3 is 2.11 bits per heavy atom. The number of benzene rings is 4. The smallest absolute Gasteiger partial charge is 0.251 e. The second-order valence-electron chi connectivity index (χ2n) is 17.7. The summed E-state index contributed by atoms with van der Waals surface area (Å²) in [6.07, 6.45) is 3.96. The van der Waals surface area contributed by atoms with E-state index >= 15 is 0 Å². The molecule has 21 heteroatoms. The largest absolute Gasteiger partial charge is 0.492 e. The SMILES string of the molecule is CC1Cc2ccc(OCCN)c(c2)-c2cc(ccc2OCCN)C(N(C)C(=O)[C@H](CCCCN)NC(=O)c2ccc(-c3ccc(Cl)cc3)cc2)C(=O)N[C@@H](C)C(=O)N1.CO[NH2+]c1cnn(C)c1C(=O)C(C)NC=O. The molecule has 0 radical (unpaired) electrons. The van der Waals surface area contributed by atoms with Crippen LogP contribution < -0.4 is 53.4 Å². The molecule has 0 spiro atoms. The molecular weight excluding hydrogens is 970 g/mol. The third kappa shape index (κ3) is 15.4. The number of nitrogens with one attached hydrogen (secondary N) is 4. The van der Waals surface area contributed by atoms with Gasteiger partial charge in [-0.15, -0.1) is 0 Å². The molecule has 396 valence electrons. The number of aromatic nitrogens is 2. The van der Waals surface area contributed by atoms with Gasteiger partial charge in [-0.25, -0.2) is 4.84 Å². The molecule has 4 bridgehead atoms. The highest BCUT2D eigenvalue weighted by atomic mass is 35.5. The number of rotatable bonds is 21. The van der Waals surface area contributed by atoms with Crippen LogP contribution in [0.5, 0.6) is 11.5 Å². The van der Waals surface area contributed by atoms with E-state index in [-0.39, 0.29) is 50.5 Å². The third-order valence-electron chi connectivity index (χ3n) is 12.1. The van der Waals surface area contributed by atoms with Crippen LogP contribution in [-0.2, 0) is 37.5 Å². The molecule has 0 fully saturated rings. The summed E-state index contributed by atoms with van der Waals surface area (Å²) in [5, 5.41) is 15.7. The Kier molecular flexibility index (Phi) is 22.1. The van der Waals surface area contributed by atoms with Crippen LogP contribution in [0, 0.1) is 0 Å². The molecule has 4 aromatic carbocycles. The maximum absolute atomic E-state index is 14.6. The van der Waals surface area contributed by atoms with Gasteiger partial charge in [-0.3, -0.25) is 33.4 Å². The van der Waals surface area contributed by atoms with Crippen molar-refractivity contribution in [3.63, 3.8) is 0 Å². The number of unbranched alkanes of at least 4 members (excludes halogenated alkanes) is 1. The second-order valence-corrected chi connectivity index (χ2v) is 18.2. The van der Waals surface area contributed by atoms with Gasteiger partial charge in [0.2, 0.25) is 35.6 Å². The number of Topliss-reactive ketones (excluding diaryl/α,β-unsaturated/α-hetero) is 1. The molecule has 5 aromatic rings. The Labute approximate surface area is 436 Å². The summed E-state index contributed by atoms with van der Waals surface area (Å²) >= 11 is 6.06. The van der Waals surface area contributed by atoms with Gasteiger partial charge in [0.25, 0.3) is 5.91 Å². The van der Waals surface area contributed by atoms with E-state index in [1.807, 2.05) is 49.4 Å². The van der Waals surface area contributed by atoms with Crippen molar-refractivity contribution in [2.75, 3.05) is 47.0 Å². The number of hydrogen-bond acceptors (Lipinski definition) is 13. The predicted octanol–water partition coefficient (Wildman–Crippen LogP) is 2.84. The summed E-state index contributed by atoms with van der Waals surface area (Å²) in [4.78, 5) is 84.6. The molecule has 2 heterocycles. The van der Waals surface area contributed by atoms with Crippen LogP contribution in [0.25, 0.3) is 22.3 Å². The molecule has 5 amide bonds. The van der Waals surface area contributed by atoms with E-state index in [1.54, 1.807) is 63.4 Å². The molecule has 0 saturated carbocycles. The van der Waals surface area contributed by atoms with Crippen LogP contribution in [0.1, 0.15) is 78.0 Å². The number of carbonyl (C=O) groups is 6. The van der Waals surface area contributed by atoms with Crippen molar-refractivity contribution in [3.8, 4) is 33.8 Å². The van der Waals surface area contributed by atoms with Gasteiger partial charge in [-0.2, -0.15) is 10.6 Å². The molecule has 74 heavy (non-hydrogen) atoms. The fourth-order valence-electron chi connectivity index (χ4n) is 8.29. The molecule has 3 unspecified atom stereocenters. The monoisotopic (exact) mass is 1040 g/mol. The van der Waals surface area contributed by atoms with Crippen molar-refractivity contribution in [2.45, 2.75) is 76.7 Å². The Morgan fingerprint density at radius 2 is 1.50 bits per heavy atom. The van der Waals surface area contributed by atoms with Gasteiger partial charge in [0.15, 0.2) is 5.69 Å². The van der Waals surface area contributed by atoms with Crippen LogP contribution in [0.4, 0.5) is 5.69 Å². The number of fused-ring (bicyclic) bond motifs is 5. The summed E-state index contributed by atoms with van der Waals surface area (Å²) in [7, 11) is 4.67. The van der Waals surface area contributed by atoms with Gasteiger partial charge < -0.3 is 52.8 Å². The van der Waals surface area contributed by atoms with Crippen molar-refractivity contribution in [1.29, 1.82) is 0 Å². The first kappa shape index (κ1) is 57.7. The Hall–Kier alpha value is -7.20. The van der Waals surface area contributed by atoms with Gasteiger partial charge >= 0.3 is 0 Å². The number of carbonyl (C=O) groups excluding carboxylic acids is 6. The summed E-state index contributed by atoms with van der Waals surface area (Å²) in [5.74, 6) is -1.12. The number of quaternary nitrogens is 1. The molecular formula is C53H69ClN11O9+. The van der Waals surface area contributed by atoms with Gasteiger partial charge in [0.05, 0.1) is 13.2 Å². The molecule has 6 rings (SSSR count). The molecule has 5 atom stereocenters. The van der Waals surface area contributed by atoms with Gasteiger partial charge in [-0.05, 0) is 124 Å². The number of aryl methyl sites for hydroxylation is 1. The first-order chi connectivity index (χ1) is 35.5. The molecule has 1 aliphatic heterocycles. The van der Waals surface area contributed by atoms with Crippen LogP contribution in [0.2, 0.25) is 5.02 Å². The Bertz CT molecular complexity index is 2700. The van der Waals surface area contributed by atoms with Gasteiger partial charge in [0, 0.05) is 54.9 Å². The summed E-state index contributed by atoms with van der Waals surface area (Å²) in [5.41, 5.74) is 24.7. The van der Waals surface area contributed by atoms with Crippen LogP contribution in [0.15, 0.2) is 91.1 Å². The number of halogens is 1. The number of amides is 5. The average molecular weight is 1040 g/mol. The minimum Gasteiger partial charge on any atom is -0.492 e. The highest BCUT2D eigenvalue weighted by Crippen LogP contribution is 2.40. The minimum atomic E-state index is -1.24. The highest BCUT2D eigenvalue weighted by Gasteiger charge is 2.36. The van der Waals surface area contributed by atoms with Crippen molar-refractivity contribution in [1.82, 2.24) is 35.9 Å². The molecule has 0 saturated heterocycles. The van der Waals surface area contributed by atoms with Crippen molar-refractivity contribution < 1.29 is 48.6 Å². The molecule has 20 nitrogen and oxygen atoms in total. The number of nitrogens with two attached hydrogens (primary N) is 4. The Balaban J connectivity index is 0.000000540. The number of ether oxygens (including phenoxy) is 2. The fraction of sp³-hybridized carbons (Fsp3) is 0.377. The summed E-state index contributed by atoms with van der Waals surface area (Å²) in [6, 6.07) is 21.3. The van der Waals surface area contributed by atoms with Gasteiger partial charge in [-0.1, -0.05) is 48.0 Å². The zero-order valence-corrected chi connectivity index (χ0v) is 43.4. The Morgan fingerprint density at radius 1 is 0.878 bits per heavy atom. The first-order valence-corrected chi connectivity index (χ1v) is 24.7. The van der Waals surface area contributed by atoms with Crippen molar-refractivity contribution in [3.05, 3.63) is 119 Å². The number of ketones is 1. The van der Waals surface area contributed by atoms with Crippen molar-refractivity contribution in [2.24, 2.45) is 24.2 Å². The molecule has 1 aliphatic rings. The lowest BCUT2D eigenvalue weighted by Crippen LogP contribution is -2.76. The number of likely N-dealkylation sites (N-methyl/N-ethyl adjacent to an activating group) is 1. The lowest BCUT2D eigenvalue weighted by atomic mass is 9.93. The molecule has 1 aromatic heterocycles. The van der Waals surface area contributed by atoms with E-state index in [1.165, 1.54) is 35.4 Å². The zero-order chi connectivity index (χ0) is 53.9. The molecule has 12 N–H and O–H groups in total. The van der Waals surface area contributed by atoms with Crippen LogP contribution in [0.3, 0.4) is 0 Å². The predicted molar refractivity (Wildman–Crippen MR) is 281 cm³/mol. The van der Waals surface area contributed by atoms with E-state index in [2.05, 4.69) is 26.4 Å². The topological polar surface area (TPSA) is 294 Å². The lowest BCUT2D eigenvalue weighted by Gasteiger charge is -2.32. The summed E-state index contributed by atoms with van der Waals surface area (Å²) in [6.45, 7) is 6.51. The van der Waals surface area contributed by atoms with Crippen LogP contribution in [-0.4, -0.2) is 122 Å². The van der Waals surface area contributed by atoms with E-state index in [4.69, 9.17) is 43.1 Å². The zero-order valence-electron chi connectivity index (χ0n) is 42.7. The van der Waals surface area contributed by atoms with E-state index in [9.17, 15) is 28.8 Å². The maximum atomic E-state index is 14.6. The second kappa shape index (κ2) is 28.3. The minimum absolute atomic E-state index is 0.213.